The first-order chi connectivity index (χ1) is 11.4. The third kappa shape index (κ3) is 3.74. The molecule has 0 aliphatic carbocycles. The minimum atomic E-state index is -0.344. The summed E-state index contributed by atoms with van der Waals surface area (Å²) in [4.78, 5) is 25.8. The first-order valence-electron chi connectivity index (χ1n) is 6.91. The number of carbonyl (C=O) groups is 2. The fraction of sp³-hybridized carbons (Fsp3) is 0.125. The molecule has 0 aromatic heterocycles. The highest BCUT2D eigenvalue weighted by Gasteiger charge is 2.27. The summed E-state index contributed by atoms with van der Waals surface area (Å²) in [5.74, 6) is -0.0661. The van der Waals surface area contributed by atoms with E-state index in [0.717, 1.165) is 8.95 Å². The van der Waals surface area contributed by atoms with Gasteiger partial charge in [-0.15, -0.1) is 0 Å². The monoisotopic (exact) mass is 472 g/mol. The molecule has 0 atom stereocenters. The second kappa shape index (κ2) is 7.13. The van der Waals surface area contributed by atoms with Crippen LogP contribution in [0.3, 0.4) is 0 Å². The minimum Gasteiger partial charge on any atom is -0.482 e. The Labute approximate surface area is 160 Å². The van der Waals surface area contributed by atoms with E-state index in [2.05, 4.69) is 37.2 Å². The van der Waals surface area contributed by atoms with Crippen molar-refractivity contribution in [3.05, 3.63) is 50.4 Å². The van der Waals surface area contributed by atoms with E-state index in [4.69, 9.17) is 16.3 Å². The van der Waals surface area contributed by atoms with Crippen molar-refractivity contribution >= 4 is 66.6 Å². The van der Waals surface area contributed by atoms with E-state index in [1.807, 2.05) is 0 Å². The molecule has 2 aromatic rings. The Hall–Kier alpha value is -1.57. The number of fused-ring (bicyclic) bond motifs is 1. The molecule has 1 aliphatic heterocycles. The van der Waals surface area contributed by atoms with Crippen molar-refractivity contribution in [3.8, 4) is 5.75 Å². The van der Waals surface area contributed by atoms with Gasteiger partial charge >= 0.3 is 0 Å². The molecule has 1 aliphatic rings. The maximum Gasteiger partial charge on any atom is 0.265 e. The lowest BCUT2D eigenvalue weighted by atomic mass is 10.2. The van der Waals surface area contributed by atoms with Crippen LogP contribution in [0.1, 0.15) is 0 Å². The number of benzene rings is 2. The Morgan fingerprint density at radius 1 is 1.21 bits per heavy atom. The summed E-state index contributed by atoms with van der Waals surface area (Å²) in [7, 11) is 0. The SMILES string of the molecule is O=C(CN1C(=O)COc2cc(Br)ccc21)Nc1ccc(Br)cc1Cl. The maximum absolute atomic E-state index is 12.3. The van der Waals surface area contributed by atoms with Crippen LogP contribution >= 0.6 is 43.5 Å². The summed E-state index contributed by atoms with van der Waals surface area (Å²) in [5.41, 5.74) is 1.05. The molecule has 0 saturated heterocycles. The fourth-order valence-electron chi connectivity index (χ4n) is 2.28. The van der Waals surface area contributed by atoms with Gasteiger partial charge in [0.2, 0.25) is 5.91 Å². The van der Waals surface area contributed by atoms with Gasteiger partial charge in [0.1, 0.15) is 12.3 Å². The normalized spacial score (nSPS) is 13.3. The summed E-state index contributed by atoms with van der Waals surface area (Å²) in [6, 6.07) is 10.4. The van der Waals surface area contributed by atoms with Gasteiger partial charge in [-0.1, -0.05) is 43.5 Å². The summed E-state index contributed by atoms with van der Waals surface area (Å²) in [5, 5.41) is 3.12. The number of ether oxygens (including phenoxy) is 1. The lowest BCUT2D eigenvalue weighted by Gasteiger charge is -2.29. The second-order valence-corrected chi connectivity index (χ2v) is 7.29. The average Bonchev–Trinajstić information content (AvgIpc) is 2.53. The molecule has 0 bridgehead atoms. The average molecular weight is 475 g/mol. The van der Waals surface area contributed by atoms with Crippen LogP contribution in [0.25, 0.3) is 0 Å². The molecule has 0 spiro atoms. The molecule has 5 nitrogen and oxygen atoms in total. The highest BCUT2D eigenvalue weighted by Crippen LogP contribution is 2.34. The summed E-state index contributed by atoms with van der Waals surface area (Å²) >= 11 is 12.8. The van der Waals surface area contributed by atoms with Crippen molar-refractivity contribution in [2.45, 2.75) is 0 Å². The van der Waals surface area contributed by atoms with Crippen molar-refractivity contribution < 1.29 is 14.3 Å². The highest BCUT2D eigenvalue weighted by atomic mass is 79.9. The Bertz CT molecular complexity index is 829. The van der Waals surface area contributed by atoms with Crippen LogP contribution in [-0.4, -0.2) is 25.0 Å². The van der Waals surface area contributed by atoms with Crippen LogP contribution in [0, 0.1) is 0 Å². The van der Waals surface area contributed by atoms with Gasteiger partial charge in [-0.3, -0.25) is 14.5 Å². The predicted molar refractivity (Wildman–Crippen MR) is 99.8 cm³/mol. The predicted octanol–water partition coefficient (Wildman–Crippen LogP) is 4.23. The van der Waals surface area contributed by atoms with Gasteiger partial charge in [-0.25, -0.2) is 0 Å². The first-order valence-corrected chi connectivity index (χ1v) is 8.88. The van der Waals surface area contributed by atoms with E-state index >= 15 is 0 Å². The molecular weight excluding hydrogens is 463 g/mol. The number of rotatable bonds is 3. The molecule has 0 unspecified atom stereocenters. The topological polar surface area (TPSA) is 58.6 Å². The maximum atomic E-state index is 12.3. The molecule has 124 valence electrons. The Morgan fingerprint density at radius 2 is 1.92 bits per heavy atom. The lowest BCUT2D eigenvalue weighted by molar-refractivity contribution is -0.123. The van der Waals surface area contributed by atoms with Crippen LogP contribution in [0.5, 0.6) is 5.75 Å². The molecule has 24 heavy (non-hydrogen) atoms. The van der Waals surface area contributed by atoms with E-state index in [9.17, 15) is 9.59 Å². The van der Waals surface area contributed by atoms with Gasteiger partial charge in [0, 0.05) is 8.95 Å². The number of nitrogens with one attached hydrogen (secondary N) is 1. The number of carbonyl (C=O) groups excluding carboxylic acids is 2. The Morgan fingerprint density at radius 3 is 2.67 bits per heavy atom. The van der Waals surface area contributed by atoms with Gasteiger partial charge in [-0.2, -0.15) is 0 Å². The zero-order valence-corrected chi connectivity index (χ0v) is 16.1. The molecule has 2 amide bonds. The van der Waals surface area contributed by atoms with Crippen molar-refractivity contribution in [2.24, 2.45) is 0 Å². The van der Waals surface area contributed by atoms with E-state index in [-0.39, 0.29) is 25.0 Å². The van der Waals surface area contributed by atoms with Gasteiger partial charge in [-0.05, 0) is 36.4 Å². The second-order valence-electron chi connectivity index (χ2n) is 5.05. The van der Waals surface area contributed by atoms with Crippen molar-refractivity contribution in [2.75, 3.05) is 23.4 Å². The zero-order chi connectivity index (χ0) is 17.3. The summed E-state index contributed by atoms with van der Waals surface area (Å²) in [6.07, 6.45) is 0. The van der Waals surface area contributed by atoms with E-state index in [0.29, 0.717) is 22.1 Å². The lowest BCUT2D eigenvalue weighted by Crippen LogP contribution is -2.43. The van der Waals surface area contributed by atoms with Crippen molar-refractivity contribution in [1.82, 2.24) is 0 Å². The number of halogens is 3. The minimum absolute atomic E-state index is 0.101. The third-order valence-electron chi connectivity index (χ3n) is 3.37. The number of amides is 2. The van der Waals surface area contributed by atoms with Gasteiger partial charge < -0.3 is 10.1 Å². The zero-order valence-electron chi connectivity index (χ0n) is 12.2. The Kier molecular flexibility index (Phi) is 5.12. The first kappa shape index (κ1) is 17.3. The van der Waals surface area contributed by atoms with Gasteiger partial charge in [0.15, 0.2) is 6.61 Å². The smallest absolute Gasteiger partial charge is 0.265 e. The molecule has 0 saturated carbocycles. The number of anilines is 2. The highest BCUT2D eigenvalue weighted by molar-refractivity contribution is 9.10. The fourth-order valence-corrected chi connectivity index (χ4v) is 3.34. The standard InChI is InChI=1S/C16H11Br2ClN2O3/c17-9-1-3-12(11(19)5-9)20-15(22)7-21-13-4-2-10(18)6-14(13)24-8-16(21)23/h1-6H,7-8H2,(H,20,22). The largest absolute Gasteiger partial charge is 0.482 e. The summed E-state index contributed by atoms with van der Waals surface area (Å²) < 4.78 is 7.05. The van der Waals surface area contributed by atoms with Crippen LogP contribution < -0.4 is 15.0 Å². The molecule has 8 heteroatoms. The number of hydrogen-bond acceptors (Lipinski definition) is 3. The number of hydrogen-bond donors (Lipinski definition) is 1. The molecule has 1 N–H and O–H groups in total. The van der Waals surface area contributed by atoms with E-state index in [1.165, 1.54) is 4.90 Å². The van der Waals surface area contributed by atoms with Crippen LogP contribution in [0.2, 0.25) is 5.02 Å². The van der Waals surface area contributed by atoms with Crippen molar-refractivity contribution in [1.29, 1.82) is 0 Å². The molecule has 2 aromatic carbocycles. The van der Waals surface area contributed by atoms with E-state index in [1.54, 1.807) is 36.4 Å². The molecule has 0 radical (unpaired) electrons. The summed E-state index contributed by atoms with van der Waals surface area (Å²) in [6.45, 7) is -0.223. The quantitative estimate of drug-likeness (QED) is 0.725. The molecule has 3 rings (SSSR count). The van der Waals surface area contributed by atoms with Gasteiger partial charge in [0.25, 0.3) is 5.91 Å². The molecule has 0 fully saturated rings. The van der Waals surface area contributed by atoms with E-state index < -0.39 is 0 Å². The van der Waals surface area contributed by atoms with Crippen molar-refractivity contribution in [3.63, 3.8) is 0 Å². The van der Waals surface area contributed by atoms with Gasteiger partial charge in [0.05, 0.1) is 16.4 Å². The van der Waals surface area contributed by atoms with Crippen LogP contribution in [0.15, 0.2) is 45.3 Å². The number of nitrogens with zero attached hydrogens (tertiary/aromatic N) is 1. The molecular formula is C16H11Br2ClN2O3. The van der Waals surface area contributed by atoms with Crippen LogP contribution in [0.4, 0.5) is 11.4 Å². The third-order valence-corrected chi connectivity index (χ3v) is 4.67. The Balaban J connectivity index is 1.78. The molecule has 1 heterocycles. The van der Waals surface area contributed by atoms with Crippen LogP contribution in [-0.2, 0) is 9.59 Å².